The molecule has 3 aliphatic heterocycles. The molecule has 0 aromatic heterocycles. The Morgan fingerprint density at radius 1 is 0.719 bits per heavy atom. The molecule has 0 radical (unpaired) electrons. The lowest BCUT2D eigenvalue weighted by Crippen LogP contribution is -2.64. The topological polar surface area (TPSA) is 267 Å². The molecule has 17 nitrogen and oxygen atoms in total. The predicted octanol–water partition coefficient (Wildman–Crippen LogP) is -1.42. The summed E-state index contributed by atoms with van der Waals surface area (Å²) in [5.74, 6) is 0.173. The van der Waals surface area contributed by atoms with Gasteiger partial charge in [-0.2, -0.15) is 0 Å². The summed E-state index contributed by atoms with van der Waals surface area (Å²) in [6, 6.07) is 0. The lowest BCUT2D eigenvalue weighted by atomic mass is 9.45. The Morgan fingerprint density at radius 2 is 1.33 bits per heavy atom. The molecule has 3 saturated carbocycles. The number of hydrogen-bond acceptors (Lipinski definition) is 17. The highest BCUT2D eigenvalue weighted by atomic mass is 16.7. The first-order valence-electron chi connectivity index (χ1n) is 20.8. The van der Waals surface area contributed by atoms with Crippen LogP contribution in [0, 0.1) is 28.6 Å². The summed E-state index contributed by atoms with van der Waals surface area (Å²) < 4.78 is 41.7. The summed E-state index contributed by atoms with van der Waals surface area (Å²) in [6.07, 6.45) is -11.8. The summed E-state index contributed by atoms with van der Waals surface area (Å²) in [5.41, 5.74) is -0.357. The molecule has 0 spiro atoms. The Kier molecular flexibility index (Phi) is 13.0. The van der Waals surface area contributed by atoms with Crippen molar-refractivity contribution < 1.29 is 84.2 Å². The normalized spacial score (nSPS) is 54.6. The maximum atomic E-state index is 12.7. The summed E-state index contributed by atoms with van der Waals surface area (Å²) in [5, 5.41) is 106. The zero-order valence-corrected chi connectivity index (χ0v) is 33.5. The van der Waals surface area contributed by atoms with E-state index in [1.54, 1.807) is 6.92 Å². The Labute approximate surface area is 333 Å². The minimum absolute atomic E-state index is 0.0133. The van der Waals surface area contributed by atoms with Crippen LogP contribution < -0.4 is 0 Å². The summed E-state index contributed by atoms with van der Waals surface area (Å²) in [7, 11) is 1.41. The van der Waals surface area contributed by atoms with E-state index < -0.39 is 122 Å². The van der Waals surface area contributed by atoms with Crippen LogP contribution in [-0.4, -0.2) is 181 Å². The van der Waals surface area contributed by atoms with Crippen molar-refractivity contribution in [2.45, 2.75) is 189 Å². The van der Waals surface area contributed by atoms with E-state index in [1.165, 1.54) is 12.7 Å². The van der Waals surface area contributed by atoms with Crippen molar-refractivity contribution in [2.75, 3.05) is 20.3 Å². The highest BCUT2D eigenvalue weighted by Gasteiger charge is 2.67. The van der Waals surface area contributed by atoms with Gasteiger partial charge in [0, 0.05) is 12.5 Å². The smallest absolute Gasteiger partial charge is 0.187 e. The lowest BCUT2D eigenvalue weighted by molar-refractivity contribution is -0.361. The van der Waals surface area contributed by atoms with Crippen molar-refractivity contribution in [2.24, 2.45) is 28.6 Å². The summed E-state index contributed by atoms with van der Waals surface area (Å²) in [4.78, 5) is 0. The third-order valence-corrected chi connectivity index (χ3v) is 15.6. The molecule has 0 amide bonds. The van der Waals surface area contributed by atoms with Gasteiger partial charge in [0.25, 0.3) is 0 Å². The molecule has 3 saturated heterocycles. The van der Waals surface area contributed by atoms with Gasteiger partial charge in [-0.3, -0.25) is 0 Å². The minimum Gasteiger partial charge on any atom is -0.394 e. The van der Waals surface area contributed by atoms with Crippen LogP contribution in [0.1, 0.15) is 79.1 Å². The maximum absolute atomic E-state index is 12.7. The largest absolute Gasteiger partial charge is 0.394 e. The molecular weight excluding hydrogens is 752 g/mol. The molecular formula is C40H66O17. The van der Waals surface area contributed by atoms with Crippen molar-refractivity contribution in [1.82, 2.24) is 0 Å². The molecule has 23 atom stereocenters. The number of aliphatic hydroxyl groups excluding tert-OH is 9. The molecule has 0 aromatic carbocycles. The van der Waals surface area contributed by atoms with Crippen LogP contribution in [0.4, 0.5) is 0 Å². The van der Waals surface area contributed by atoms with Crippen molar-refractivity contribution in [3.63, 3.8) is 0 Å². The second-order valence-corrected chi connectivity index (χ2v) is 18.4. The van der Waals surface area contributed by atoms with Crippen molar-refractivity contribution in [3.05, 3.63) is 11.6 Å². The van der Waals surface area contributed by atoms with E-state index in [1.807, 2.05) is 6.92 Å². The van der Waals surface area contributed by atoms with Gasteiger partial charge in [0.15, 0.2) is 18.9 Å². The zero-order chi connectivity index (χ0) is 41.4. The Balaban J connectivity index is 0.990. The second kappa shape index (κ2) is 16.7. The lowest BCUT2D eigenvalue weighted by Gasteiger charge is -2.61. The quantitative estimate of drug-likeness (QED) is 0.113. The Morgan fingerprint density at radius 3 is 1.96 bits per heavy atom. The van der Waals surface area contributed by atoms with E-state index >= 15 is 0 Å². The van der Waals surface area contributed by atoms with Crippen LogP contribution in [0.2, 0.25) is 0 Å². The predicted molar refractivity (Wildman–Crippen MR) is 196 cm³/mol. The van der Waals surface area contributed by atoms with Gasteiger partial charge in [0.05, 0.1) is 37.1 Å². The van der Waals surface area contributed by atoms with Gasteiger partial charge in [-0.15, -0.1) is 0 Å². The SMILES string of the molecule is CO[C@@H]1[C@@H](O)[C@H](O[C@H]2CC[C@@]3(C)C(=CC[C@@H]4[C@@H]3CC[C@]3(C)[C@@H](C(C)O[C@@H]5O[C@H](CO)[C@@H](O)[C@H](O)[C@H]5O)CC[C@]43O)C2)O[C@H](C)[C@@H]1O[C@@H]1O[C@H](CO)[C@@H](O)[C@H](O)[C@H]1O. The fourth-order valence-corrected chi connectivity index (χ4v) is 12.1. The van der Waals surface area contributed by atoms with E-state index in [4.69, 9.17) is 33.2 Å². The molecule has 7 rings (SSSR count). The van der Waals surface area contributed by atoms with Crippen LogP contribution in [0.25, 0.3) is 0 Å². The molecule has 328 valence electrons. The van der Waals surface area contributed by atoms with Gasteiger partial charge in [0.1, 0.15) is 67.1 Å². The van der Waals surface area contributed by atoms with Crippen LogP contribution >= 0.6 is 0 Å². The van der Waals surface area contributed by atoms with Gasteiger partial charge < -0.3 is 84.2 Å². The van der Waals surface area contributed by atoms with E-state index in [9.17, 15) is 51.1 Å². The molecule has 1 unspecified atom stereocenters. The van der Waals surface area contributed by atoms with Gasteiger partial charge in [-0.25, -0.2) is 0 Å². The fourth-order valence-electron chi connectivity index (χ4n) is 12.1. The van der Waals surface area contributed by atoms with Crippen LogP contribution in [0.5, 0.6) is 0 Å². The van der Waals surface area contributed by atoms with Crippen LogP contribution in [-0.2, 0) is 33.2 Å². The van der Waals surface area contributed by atoms with Gasteiger partial charge in [-0.1, -0.05) is 25.5 Å². The number of rotatable bonds is 10. The van der Waals surface area contributed by atoms with Crippen LogP contribution in [0.15, 0.2) is 11.6 Å². The van der Waals surface area contributed by atoms with Crippen molar-refractivity contribution in [3.8, 4) is 0 Å². The zero-order valence-electron chi connectivity index (χ0n) is 33.5. The standard InChI is InChI=1S/C40H66O17/c1-17(52-35-30(47)28(45)26(43)24(15-41)55-35)21-10-13-40(50)23-7-6-19-14-20(8-11-38(19,3)22(23)9-12-39(21,40)4)54-37-32(49)34(51-5)33(18(2)53-37)57-36-31(48)29(46)27(44)25(16-42)56-36/h6,17-18,20-37,41-50H,7-16H2,1-5H3/t17?,18-,20+,21-,22+,23-,24-,25-,26-,27-,28+,29+,30-,31-,32-,33+,34-,35-,36+,37+,38+,39-,40+/m1/s1. The first-order valence-corrected chi connectivity index (χ1v) is 20.8. The van der Waals surface area contributed by atoms with Gasteiger partial charge in [-0.05, 0) is 88.4 Å². The summed E-state index contributed by atoms with van der Waals surface area (Å²) >= 11 is 0. The molecule has 0 bridgehead atoms. The van der Waals surface area contributed by atoms with Crippen molar-refractivity contribution in [1.29, 1.82) is 0 Å². The number of hydrogen-bond donors (Lipinski definition) is 10. The number of allylic oxidation sites excluding steroid dienone is 1. The third-order valence-electron chi connectivity index (χ3n) is 15.6. The first-order chi connectivity index (χ1) is 26.9. The Bertz CT molecular complexity index is 1420. The molecule has 57 heavy (non-hydrogen) atoms. The number of methoxy groups -OCH3 is 1. The molecule has 17 heteroatoms. The highest BCUT2D eigenvalue weighted by Crippen LogP contribution is 2.68. The monoisotopic (exact) mass is 818 g/mol. The highest BCUT2D eigenvalue weighted by molar-refractivity contribution is 5.28. The molecule has 10 N–H and O–H groups in total. The van der Waals surface area contributed by atoms with E-state index in [-0.39, 0.29) is 29.3 Å². The first kappa shape index (κ1) is 44.1. The second-order valence-electron chi connectivity index (χ2n) is 18.4. The van der Waals surface area contributed by atoms with Gasteiger partial charge >= 0.3 is 0 Å². The molecule has 3 heterocycles. The molecule has 4 aliphatic carbocycles. The van der Waals surface area contributed by atoms with E-state index in [2.05, 4.69) is 19.9 Å². The average molecular weight is 819 g/mol. The van der Waals surface area contributed by atoms with E-state index in [0.29, 0.717) is 32.1 Å². The number of fused-ring (bicyclic) bond motifs is 5. The van der Waals surface area contributed by atoms with Crippen LogP contribution in [0.3, 0.4) is 0 Å². The molecule has 6 fully saturated rings. The maximum Gasteiger partial charge on any atom is 0.187 e. The van der Waals surface area contributed by atoms with Crippen molar-refractivity contribution >= 4 is 0 Å². The van der Waals surface area contributed by atoms with Gasteiger partial charge in [0.2, 0.25) is 0 Å². The fraction of sp³-hybridized carbons (Fsp3) is 0.950. The van der Waals surface area contributed by atoms with E-state index in [0.717, 1.165) is 19.3 Å². The summed E-state index contributed by atoms with van der Waals surface area (Å²) in [6.45, 7) is 6.89. The molecule has 7 aliphatic rings. The minimum atomic E-state index is -1.63. The Hall–Kier alpha value is -0.940. The average Bonchev–Trinajstić information content (AvgIpc) is 3.47. The number of aliphatic hydroxyl groups is 10. The third kappa shape index (κ3) is 7.37. The number of ether oxygens (including phenoxy) is 7. The molecule has 0 aromatic rings.